The molecule has 1 aliphatic rings. The van der Waals surface area contributed by atoms with Crippen molar-refractivity contribution in [3.63, 3.8) is 0 Å². The van der Waals surface area contributed by atoms with Gasteiger partial charge in [-0.1, -0.05) is 0 Å². The lowest BCUT2D eigenvalue weighted by Gasteiger charge is -1.96. The largest absolute Gasteiger partial charge is 0.381 e. The van der Waals surface area contributed by atoms with E-state index in [-0.39, 0.29) is 10.8 Å². The van der Waals surface area contributed by atoms with Crippen molar-refractivity contribution in [1.82, 2.24) is 10.2 Å². The van der Waals surface area contributed by atoms with E-state index in [1.54, 1.807) is 0 Å². The van der Waals surface area contributed by atoms with E-state index >= 15 is 0 Å². The van der Waals surface area contributed by atoms with Gasteiger partial charge in [0.15, 0.2) is 14.9 Å². The molecule has 0 aliphatic carbocycles. The second kappa shape index (κ2) is 2.48. The zero-order chi connectivity index (χ0) is 8.60. The molecule has 0 amide bonds. The Hall–Kier alpha value is -1.04. The summed E-state index contributed by atoms with van der Waals surface area (Å²) in [6.45, 7) is 0.686. The number of sulfone groups is 1. The van der Waals surface area contributed by atoms with Crippen molar-refractivity contribution >= 4 is 15.5 Å². The highest BCUT2D eigenvalue weighted by molar-refractivity contribution is 7.91. The molecule has 0 saturated carbocycles. The quantitative estimate of drug-likeness (QED) is 0.599. The zero-order valence-corrected chi connectivity index (χ0v) is 7.19. The molecule has 66 valence electrons. The van der Waals surface area contributed by atoms with Crippen LogP contribution in [0.1, 0.15) is 6.42 Å². The third-order valence-electron chi connectivity index (χ3n) is 1.82. The zero-order valence-electron chi connectivity index (χ0n) is 6.37. The first kappa shape index (κ1) is 7.60. The Bertz CT molecular complexity index is 381. The van der Waals surface area contributed by atoms with Crippen LogP contribution in [0.15, 0.2) is 11.2 Å². The Balaban J connectivity index is 2.58. The Kier molecular flexibility index (Phi) is 1.57. The average Bonchev–Trinajstić information content (AvgIpc) is 2.42. The van der Waals surface area contributed by atoms with E-state index in [9.17, 15) is 8.42 Å². The summed E-state index contributed by atoms with van der Waals surface area (Å²) in [6, 6.07) is 0. The third-order valence-corrected chi connectivity index (χ3v) is 3.58. The van der Waals surface area contributed by atoms with Gasteiger partial charge in [0.2, 0.25) is 0 Å². The number of aromatic nitrogens is 2. The van der Waals surface area contributed by atoms with Crippen molar-refractivity contribution in [2.24, 2.45) is 0 Å². The summed E-state index contributed by atoms with van der Waals surface area (Å²) in [5, 5.41) is 9.37. The molecule has 1 aromatic heterocycles. The van der Waals surface area contributed by atoms with Gasteiger partial charge in [-0.05, 0) is 6.42 Å². The van der Waals surface area contributed by atoms with E-state index in [4.69, 9.17) is 0 Å². The fraction of sp³-hybridized carbons (Fsp3) is 0.500. The fourth-order valence-electron chi connectivity index (χ4n) is 1.22. The van der Waals surface area contributed by atoms with E-state index in [1.165, 1.54) is 6.20 Å². The van der Waals surface area contributed by atoms with Crippen molar-refractivity contribution in [3.8, 4) is 0 Å². The Labute approximate surface area is 70.1 Å². The van der Waals surface area contributed by atoms with Gasteiger partial charge in [-0.25, -0.2) is 8.42 Å². The van der Waals surface area contributed by atoms with E-state index in [0.29, 0.717) is 18.7 Å². The number of anilines is 1. The third kappa shape index (κ3) is 1.08. The number of rotatable bonds is 0. The van der Waals surface area contributed by atoms with Crippen LogP contribution in [-0.4, -0.2) is 30.9 Å². The van der Waals surface area contributed by atoms with Gasteiger partial charge in [-0.15, -0.1) is 0 Å². The molecule has 1 aromatic rings. The number of nitrogens with one attached hydrogen (secondary N) is 2. The molecule has 0 aromatic carbocycles. The smallest absolute Gasteiger partial charge is 0.197 e. The van der Waals surface area contributed by atoms with Gasteiger partial charge in [0, 0.05) is 6.54 Å². The summed E-state index contributed by atoms with van der Waals surface area (Å²) in [6.07, 6.45) is 2.14. The summed E-state index contributed by atoms with van der Waals surface area (Å²) in [4.78, 5) is 0. The number of aromatic amines is 1. The number of nitrogens with zero attached hydrogens (tertiary/aromatic N) is 1. The van der Waals surface area contributed by atoms with Crippen LogP contribution in [0, 0.1) is 0 Å². The van der Waals surface area contributed by atoms with Crippen molar-refractivity contribution in [2.75, 3.05) is 17.6 Å². The van der Waals surface area contributed by atoms with Crippen molar-refractivity contribution in [1.29, 1.82) is 0 Å². The highest BCUT2D eigenvalue weighted by atomic mass is 32.2. The lowest BCUT2D eigenvalue weighted by molar-refractivity contribution is 0.592. The molecule has 0 radical (unpaired) electrons. The van der Waals surface area contributed by atoms with Gasteiger partial charge in [0.05, 0.1) is 17.6 Å². The average molecular weight is 187 g/mol. The minimum absolute atomic E-state index is 0.190. The lowest BCUT2D eigenvalue weighted by Crippen LogP contribution is -2.06. The van der Waals surface area contributed by atoms with E-state index in [0.717, 1.165) is 0 Å². The molecule has 12 heavy (non-hydrogen) atoms. The summed E-state index contributed by atoms with van der Waals surface area (Å²) in [5.74, 6) is 0.190. The highest BCUT2D eigenvalue weighted by Crippen LogP contribution is 2.21. The maximum atomic E-state index is 11.4. The SMILES string of the molecule is O=S1(=O)CCCNc2cn[nH]c21. The summed E-state index contributed by atoms with van der Waals surface area (Å²) in [5.41, 5.74) is 0.590. The number of fused-ring (bicyclic) bond motifs is 1. The van der Waals surface area contributed by atoms with Gasteiger partial charge in [0.25, 0.3) is 0 Å². The summed E-state index contributed by atoms with van der Waals surface area (Å²) < 4.78 is 22.9. The maximum absolute atomic E-state index is 11.4. The molecule has 1 aliphatic heterocycles. The molecule has 0 bridgehead atoms. The predicted octanol–water partition coefficient (Wildman–Crippen LogP) is -0.00100. The molecule has 6 heteroatoms. The molecule has 2 heterocycles. The van der Waals surface area contributed by atoms with E-state index in [1.807, 2.05) is 0 Å². The highest BCUT2D eigenvalue weighted by Gasteiger charge is 2.23. The minimum Gasteiger partial charge on any atom is -0.381 e. The first-order valence-corrected chi connectivity index (χ1v) is 5.35. The second-order valence-corrected chi connectivity index (χ2v) is 4.76. The first-order valence-electron chi connectivity index (χ1n) is 3.70. The van der Waals surface area contributed by atoms with Gasteiger partial charge in [0.1, 0.15) is 0 Å². The van der Waals surface area contributed by atoms with Crippen molar-refractivity contribution in [3.05, 3.63) is 6.20 Å². The number of H-pyrrole nitrogens is 1. The summed E-state index contributed by atoms with van der Waals surface area (Å²) in [7, 11) is -3.12. The van der Waals surface area contributed by atoms with Gasteiger partial charge in [-0.3, -0.25) is 5.10 Å². The van der Waals surface area contributed by atoms with E-state index < -0.39 is 9.84 Å². The van der Waals surface area contributed by atoms with Crippen LogP contribution in [-0.2, 0) is 9.84 Å². The maximum Gasteiger partial charge on any atom is 0.197 e. The molecule has 0 fully saturated rings. The molecular weight excluding hydrogens is 178 g/mol. The van der Waals surface area contributed by atoms with Gasteiger partial charge >= 0.3 is 0 Å². The standard InChI is InChI=1S/C6H9N3O2S/c10-12(11)3-1-2-7-5-4-8-9-6(5)12/h4,7H,1-3H2,(H,8,9). The van der Waals surface area contributed by atoms with Crippen LogP contribution in [0.25, 0.3) is 0 Å². The fourth-order valence-corrected chi connectivity index (χ4v) is 2.60. The minimum atomic E-state index is -3.12. The molecule has 0 spiro atoms. The molecule has 2 rings (SSSR count). The molecular formula is C6H9N3O2S. The van der Waals surface area contributed by atoms with E-state index in [2.05, 4.69) is 15.5 Å². The molecule has 0 saturated heterocycles. The normalized spacial score (nSPS) is 20.7. The van der Waals surface area contributed by atoms with Crippen LogP contribution in [0.5, 0.6) is 0 Å². The van der Waals surface area contributed by atoms with Crippen LogP contribution < -0.4 is 5.32 Å². The molecule has 2 N–H and O–H groups in total. The Morgan fingerprint density at radius 1 is 1.50 bits per heavy atom. The van der Waals surface area contributed by atoms with Crippen LogP contribution >= 0.6 is 0 Å². The van der Waals surface area contributed by atoms with Crippen molar-refractivity contribution in [2.45, 2.75) is 11.4 Å². The van der Waals surface area contributed by atoms with Gasteiger partial charge < -0.3 is 5.32 Å². The van der Waals surface area contributed by atoms with Crippen LogP contribution in [0.2, 0.25) is 0 Å². The predicted molar refractivity (Wildman–Crippen MR) is 43.7 cm³/mol. The first-order chi connectivity index (χ1) is 5.70. The molecule has 0 unspecified atom stereocenters. The lowest BCUT2D eigenvalue weighted by atomic mass is 10.4. The number of hydrogen-bond donors (Lipinski definition) is 2. The van der Waals surface area contributed by atoms with Crippen LogP contribution in [0.3, 0.4) is 0 Å². The van der Waals surface area contributed by atoms with Crippen LogP contribution in [0.4, 0.5) is 5.69 Å². The second-order valence-electron chi connectivity index (χ2n) is 2.71. The van der Waals surface area contributed by atoms with Gasteiger partial charge in [-0.2, -0.15) is 5.10 Å². The number of hydrogen-bond acceptors (Lipinski definition) is 4. The Morgan fingerprint density at radius 3 is 3.17 bits per heavy atom. The molecule has 0 atom stereocenters. The molecule has 5 nitrogen and oxygen atoms in total. The monoisotopic (exact) mass is 187 g/mol. The summed E-state index contributed by atoms with van der Waals surface area (Å²) >= 11 is 0. The Morgan fingerprint density at radius 2 is 2.33 bits per heavy atom. The topological polar surface area (TPSA) is 74.8 Å². The van der Waals surface area contributed by atoms with Crippen molar-refractivity contribution < 1.29 is 8.42 Å².